The first kappa shape index (κ1) is 19.6. The van der Waals surface area contributed by atoms with Crippen LogP contribution in [0, 0.1) is 0 Å². The maximum Gasteiger partial charge on any atom is 0.261 e. The molecule has 0 saturated carbocycles. The Kier molecular flexibility index (Phi) is 6.76. The molecule has 1 N–H and O–H groups in total. The first-order chi connectivity index (χ1) is 12.0. The molecule has 0 aromatic heterocycles. The van der Waals surface area contributed by atoms with Gasteiger partial charge in [0, 0.05) is 6.61 Å². The van der Waals surface area contributed by atoms with Gasteiger partial charge in [0.05, 0.1) is 6.10 Å². The van der Waals surface area contributed by atoms with Gasteiger partial charge in [0.1, 0.15) is 0 Å². The zero-order chi connectivity index (χ0) is 18.3. The molecule has 0 aliphatic heterocycles. The van der Waals surface area contributed by atoms with Gasteiger partial charge in [-0.1, -0.05) is 87.5 Å². The molecule has 3 heteroatoms. The molecule has 0 radical (unpaired) electrons. The lowest BCUT2D eigenvalue weighted by atomic mass is 10.2. The van der Waals surface area contributed by atoms with E-state index in [0.29, 0.717) is 6.42 Å². The molecule has 0 amide bonds. The molecule has 25 heavy (non-hydrogen) atoms. The lowest BCUT2D eigenvalue weighted by molar-refractivity contribution is 0.146. The molecule has 0 bridgehead atoms. The van der Waals surface area contributed by atoms with Crippen molar-refractivity contribution < 1.29 is 9.53 Å². The van der Waals surface area contributed by atoms with Crippen LogP contribution >= 0.6 is 0 Å². The highest BCUT2D eigenvalue weighted by Gasteiger charge is 2.51. The minimum Gasteiger partial charge on any atom is -0.404 e. The molecule has 1 atom stereocenters. The Morgan fingerprint density at radius 3 is 1.84 bits per heavy atom. The van der Waals surface area contributed by atoms with Crippen LogP contribution < -0.4 is 10.4 Å². The average molecular weight is 355 g/mol. The molecule has 2 nitrogen and oxygen atoms in total. The third-order valence-corrected chi connectivity index (χ3v) is 9.73. The van der Waals surface area contributed by atoms with Crippen molar-refractivity contribution in [3.05, 3.63) is 73.3 Å². The first-order valence-electron chi connectivity index (χ1n) is 8.96. The topological polar surface area (TPSA) is 29.5 Å². The minimum absolute atomic E-state index is 0.0335. The van der Waals surface area contributed by atoms with E-state index < -0.39 is 8.32 Å². The van der Waals surface area contributed by atoms with E-state index in [1.54, 1.807) is 0 Å². The maximum absolute atomic E-state index is 9.51. The zero-order valence-corrected chi connectivity index (χ0v) is 16.6. The van der Waals surface area contributed by atoms with Crippen LogP contribution in [0.25, 0.3) is 0 Å². The fourth-order valence-electron chi connectivity index (χ4n) is 3.50. The number of benzene rings is 2. The van der Waals surface area contributed by atoms with Gasteiger partial charge in [-0.3, -0.25) is 0 Å². The van der Waals surface area contributed by atoms with Gasteiger partial charge in [-0.15, -0.1) is 6.58 Å². The van der Waals surface area contributed by atoms with Gasteiger partial charge in [0.15, 0.2) is 0 Å². The van der Waals surface area contributed by atoms with Gasteiger partial charge in [-0.2, -0.15) is 0 Å². The predicted octanol–water partition coefficient (Wildman–Crippen LogP) is 3.89. The summed E-state index contributed by atoms with van der Waals surface area (Å²) in [5.41, 5.74) is 0. The normalized spacial score (nSPS) is 13.4. The molecule has 2 aromatic carbocycles. The molecule has 0 fully saturated rings. The summed E-state index contributed by atoms with van der Waals surface area (Å²) < 4.78 is 6.96. The van der Waals surface area contributed by atoms with Gasteiger partial charge in [-0.25, -0.2) is 0 Å². The van der Waals surface area contributed by atoms with Crippen LogP contribution in [0.15, 0.2) is 73.3 Å². The van der Waals surface area contributed by atoms with Crippen molar-refractivity contribution in [1.29, 1.82) is 0 Å². The van der Waals surface area contributed by atoms with E-state index in [0.717, 1.165) is 6.42 Å². The number of rotatable bonds is 8. The van der Waals surface area contributed by atoms with Crippen molar-refractivity contribution in [2.24, 2.45) is 0 Å². The second-order valence-electron chi connectivity index (χ2n) is 7.44. The SMILES string of the molecule is C=CC[C@@H](CCO)O[Si](c1ccccc1)(c1ccccc1)C(C)(C)C. The van der Waals surface area contributed by atoms with Crippen LogP contribution in [0.5, 0.6) is 0 Å². The average Bonchev–Trinajstić information content (AvgIpc) is 2.60. The fourth-order valence-corrected chi connectivity index (χ4v) is 8.22. The van der Waals surface area contributed by atoms with Crippen LogP contribution in [0.4, 0.5) is 0 Å². The summed E-state index contributed by atoms with van der Waals surface area (Å²) in [5.74, 6) is 0. The summed E-state index contributed by atoms with van der Waals surface area (Å²) in [5, 5.41) is 12.0. The van der Waals surface area contributed by atoms with E-state index in [4.69, 9.17) is 4.43 Å². The molecular formula is C22H30O2Si. The number of hydrogen-bond acceptors (Lipinski definition) is 2. The van der Waals surface area contributed by atoms with Crippen LogP contribution in [-0.2, 0) is 4.43 Å². The Balaban J connectivity index is 2.65. The summed E-state index contributed by atoms with van der Waals surface area (Å²) in [4.78, 5) is 0. The Morgan fingerprint density at radius 2 is 1.48 bits per heavy atom. The van der Waals surface area contributed by atoms with Crippen molar-refractivity contribution in [2.45, 2.75) is 44.8 Å². The minimum atomic E-state index is -2.55. The monoisotopic (exact) mass is 354 g/mol. The van der Waals surface area contributed by atoms with Crippen molar-refractivity contribution in [3.8, 4) is 0 Å². The molecule has 0 saturated heterocycles. The quantitative estimate of drug-likeness (QED) is 0.576. The summed E-state index contributed by atoms with van der Waals surface area (Å²) in [6, 6.07) is 21.2. The zero-order valence-electron chi connectivity index (χ0n) is 15.6. The van der Waals surface area contributed by atoms with E-state index in [2.05, 4.69) is 75.9 Å². The highest BCUT2D eigenvalue weighted by atomic mass is 28.4. The summed E-state index contributed by atoms with van der Waals surface area (Å²) >= 11 is 0. The van der Waals surface area contributed by atoms with E-state index in [1.807, 2.05) is 18.2 Å². The Morgan fingerprint density at radius 1 is 1.00 bits per heavy atom. The Hall–Kier alpha value is -1.68. The van der Waals surface area contributed by atoms with Crippen LogP contribution in [-0.4, -0.2) is 26.1 Å². The predicted molar refractivity (Wildman–Crippen MR) is 109 cm³/mol. The Bertz CT molecular complexity index is 607. The van der Waals surface area contributed by atoms with Gasteiger partial charge in [0.2, 0.25) is 0 Å². The van der Waals surface area contributed by atoms with Crippen molar-refractivity contribution in [2.75, 3.05) is 6.61 Å². The van der Waals surface area contributed by atoms with Gasteiger partial charge < -0.3 is 9.53 Å². The molecule has 134 valence electrons. The van der Waals surface area contributed by atoms with E-state index in [9.17, 15) is 5.11 Å². The van der Waals surface area contributed by atoms with Gasteiger partial charge in [0.25, 0.3) is 8.32 Å². The van der Waals surface area contributed by atoms with Crippen molar-refractivity contribution in [1.82, 2.24) is 0 Å². The fraction of sp³-hybridized carbons (Fsp3) is 0.364. The van der Waals surface area contributed by atoms with Crippen LogP contribution in [0.1, 0.15) is 33.6 Å². The summed E-state index contributed by atoms with van der Waals surface area (Å²) in [6.45, 7) is 10.8. The number of hydrogen-bond donors (Lipinski definition) is 1. The van der Waals surface area contributed by atoms with E-state index >= 15 is 0 Å². The van der Waals surface area contributed by atoms with Crippen LogP contribution in [0.3, 0.4) is 0 Å². The van der Waals surface area contributed by atoms with Crippen LogP contribution in [0.2, 0.25) is 5.04 Å². The molecule has 2 aromatic rings. The second kappa shape index (κ2) is 8.61. The van der Waals surface area contributed by atoms with Gasteiger partial charge in [-0.05, 0) is 28.3 Å². The number of aliphatic hydroxyl groups is 1. The smallest absolute Gasteiger partial charge is 0.261 e. The van der Waals surface area contributed by atoms with E-state index in [-0.39, 0.29) is 17.7 Å². The lowest BCUT2D eigenvalue weighted by Crippen LogP contribution is -2.67. The molecule has 0 unspecified atom stereocenters. The largest absolute Gasteiger partial charge is 0.404 e. The molecule has 0 aliphatic rings. The third-order valence-electron chi connectivity index (χ3n) is 4.64. The molecular weight excluding hydrogens is 324 g/mol. The highest BCUT2D eigenvalue weighted by molar-refractivity contribution is 6.99. The third kappa shape index (κ3) is 4.29. The highest BCUT2D eigenvalue weighted by Crippen LogP contribution is 2.38. The Labute approximate surface area is 153 Å². The summed E-state index contributed by atoms with van der Waals surface area (Å²) in [7, 11) is -2.55. The second-order valence-corrected chi connectivity index (χ2v) is 11.7. The number of aliphatic hydroxyl groups excluding tert-OH is 1. The molecule has 0 aliphatic carbocycles. The lowest BCUT2D eigenvalue weighted by Gasteiger charge is -2.45. The van der Waals surface area contributed by atoms with Crippen molar-refractivity contribution >= 4 is 18.7 Å². The first-order valence-corrected chi connectivity index (χ1v) is 10.9. The summed E-state index contributed by atoms with van der Waals surface area (Å²) in [6.07, 6.45) is 3.22. The van der Waals surface area contributed by atoms with E-state index in [1.165, 1.54) is 10.4 Å². The maximum atomic E-state index is 9.51. The standard InChI is InChI=1S/C22H30O2Si/c1-5-12-19(17-18-23)24-25(22(2,3)4,20-13-8-6-9-14-20)21-15-10-7-11-16-21/h5-11,13-16,19,23H,1,12,17-18H2,2-4H3/t19-/m0/s1. The van der Waals surface area contributed by atoms with Gasteiger partial charge >= 0.3 is 0 Å². The molecule has 2 rings (SSSR count). The van der Waals surface area contributed by atoms with Crippen molar-refractivity contribution in [3.63, 3.8) is 0 Å². The molecule has 0 spiro atoms. The molecule has 0 heterocycles.